The molecular formula is C18H26N2O2. The topological polar surface area (TPSA) is 33.7 Å². The van der Waals surface area contributed by atoms with Gasteiger partial charge in [-0.1, -0.05) is 6.07 Å². The fourth-order valence-electron chi connectivity index (χ4n) is 3.39. The Morgan fingerprint density at radius 1 is 1.00 bits per heavy atom. The lowest BCUT2D eigenvalue weighted by molar-refractivity contribution is 0.169. The van der Waals surface area contributed by atoms with Crippen LogP contribution in [-0.4, -0.2) is 43.8 Å². The molecular weight excluding hydrogens is 276 g/mol. The molecule has 0 amide bonds. The number of piperidine rings is 1. The highest BCUT2D eigenvalue weighted by molar-refractivity contribution is 5.43. The van der Waals surface area contributed by atoms with Crippen LogP contribution < -0.4 is 14.8 Å². The van der Waals surface area contributed by atoms with Crippen molar-refractivity contribution in [1.29, 1.82) is 0 Å². The average Bonchev–Trinajstić information content (AvgIpc) is 3.38. The maximum atomic E-state index is 5.68. The molecule has 0 radical (unpaired) electrons. The minimum atomic E-state index is 0.660. The fourth-order valence-corrected chi connectivity index (χ4v) is 3.39. The van der Waals surface area contributed by atoms with Gasteiger partial charge in [-0.25, -0.2) is 0 Å². The van der Waals surface area contributed by atoms with Crippen molar-refractivity contribution in [2.45, 2.75) is 38.3 Å². The molecule has 0 unspecified atom stereocenters. The minimum Gasteiger partial charge on any atom is -0.486 e. The summed E-state index contributed by atoms with van der Waals surface area (Å²) < 4.78 is 11.3. The van der Waals surface area contributed by atoms with E-state index < -0.39 is 0 Å². The molecule has 0 aromatic heterocycles. The van der Waals surface area contributed by atoms with E-state index in [2.05, 4.69) is 22.3 Å². The van der Waals surface area contributed by atoms with Gasteiger partial charge in [0.15, 0.2) is 11.5 Å². The van der Waals surface area contributed by atoms with Crippen LogP contribution in [0.5, 0.6) is 11.5 Å². The Hall–Kier alpha value is -1.26. The van der Waals surface area contributed by atoms with E-state index in [0.717, 1.165) is 30.0 Å². The smallest absolute Gasteiger partial charge is 0.161 e. The summed E-state index contributed by atoms with van der Waals surface area (Å²) in [5.74, 6) is 2.78. The first kappa shape index (κ1) is 14.3. The van der Waals surface area contributed by atoms with E-state index in [4.69, 9.17) is 9.47 Å². The Kier molecular flexibility index (Phi) is 4.22. The number of hydrogen-bond acceptors (Lipinski definition) is 4. The molecule has 120 valence electrons. The van der Waals surface area contributed by atoms with Crippen molar-refractivity contribution in [3.8, 4) is 11.5 Å². The molecule has 1 saturated carbocycles. The Labute approximate surface area is 132 Å². The predicted octanol–water partition coefficient (Wildman–Crippen LogP) is 2.42. The lowest BCUT2D eigenvalue weighted by Gasteiger charge is -2.32. The molecule has 1 saturated heterocycles. The van der Waals surface area contributed by atoms with Crippen LogP contribution in [0.1, 0.15) is 31.2 Å². The van der Waals surface area contributed by atoms with Gasteiger partial charge in [0.05, 0.1) is 0 Å². The number of nitrogens with zero attached hydrogens (tertiary/aromatic N) is 1. The van der Waals surface area contributed by atoms with Crippen LogP contribution in [0.25, 0.3) is 0 Å². The van der Waals surface area contributed by atoms with Crippen LogP contribution in [0.3, 0.4) is 0 Å². The summed E-state index contributed by atoms with van der Waals surface area (Å²) in [5, 5.41) is 3.75. The molecule has 3 aliphatic rings. The molecule has 2 aliphatic heterocycles. The number of fused-ring (bicyclic) bond motifs is 1. The van der Waals surface area contributed by atoms with Crippen molar-refractivity contribution in [2.24, 2.45) is 5.92 Å². The molecule has 4 heteroatoms. The summed E-state index contributed by atoms with van der Waals surface area (Å²) in [7, 11) is 0. The van der Waals surface area contributed by atoms with Gasteiger partial charge in [0, 0.05) is 12.6 Å². The number of hydrogen-bond donors (Lipinski definition) is 1. The zero-order chi connectivity index (χ0) is 14.8. The number of likely N-dealkylation sites (tertiary alicyclic amines) is 1. The highest BCUT2D eigenvalue weighted by Crippen LogP contribution is 2.31. The fraction of sp³-hybridized carbons (Fsp3) is 0.667. The number of ether oxygens (including phenoxy) is 2. The molecule has 1 N–H and O–H groups in total. The quantitative estimate of drug-likeness (QED) is 0.906. The number of rotatable bonds is 5. The third-order valence-electron chi connectivity index (χ3n) is 4.99. The van der Waals surface area contributed by atoms with Crippen LogP contribution >= 0.6 is 0 Å². The van der Waals surface area contributed by atoms with Crippen molar-refractivity contribution in [1.82, 2.24) is 10.2 Å². The van der Waals surface area contributed by atoms with Crippen molar-refractivity contribution < 1.29 is 9.47 Å². The summed E-state index contributed by atoms with van der Waals surface area (Å²) >= 11 is 0. The van der Waals surface area contributed by atoms with Crippen LogP contribution in [0.15, 0.2) is 18.2 Å². The summed E-state index contributed by atoms with van der Waals surface area (Å²) in [4.78, 5) is 2.56. The highest BCUT2D eigenvalue weighted by Gasteiger charge is 2.24. The maximum Gasteiger partial charge on any atom is 0.161 e. The first-order valence-electron chi connectivity index (χ1n) is 8.71. The van der Waals surface area contributed by atoms with Gasteiger partial charge in [-0.15, -0.1) is 0 Å². The standard InChI is InChI=1S/C18H26N2O2/c1-2-14(1)12-19-16-5-7-20(8-6-16)13-15-3-4-17-18(11-15)22-10-9-21-17/h3-4,11,14,16,19H,1-2,5-10,12-13H2. The second-order valence-corrected chi connectivity index (χ2v) is 6.88. The monoisotopic (exact) mass is 302 g/mol. The summed E-state index contributed by atoms with van der Waals surface area (Å²) in [5.41, 5.74) is 1.33. The zero-order valence-corrected chi connectivity index (χ0v) is 13.2. The Balaban J connectivity index is 1.27. The molecule has 0 bridgehead atoms. The Morgan fingerprint density at radius 3 is 2.55 bits per heavy atom. The third-order valence-corrected chi connectivity index (χ3v) is 4.99. The average molecular weight is 302 g/mol. The summed E-state index contributed by atoms with van der Waals surface area (Å²) in [6.07, 6.45) is 5.43. The predicted molar refractivity (Wildman–Crippen MR) is 86.5 cm³/mol. The van der Waals surface area contributed by atoms with E-state index in [1.165, 1.54) is 50.9 Å². The molecule has 4 nitrogen and oxygen atoms in total. The van der Waals surface area contributed by atoms with Crippen molar-refractivity contribution in [3.63, 3.8) is 0 Å². The molecule has 4 rings (SSSR count). The molecule has 1 aliphatic carbocycles. The van der Waals surface area contributed by atoms with Gasteiger partial charge < -0.3 is 14.8 Å². The van der Waals surface area contributed by atoms with Crippen LogP contribution in [0.4, 0.5) is 0 Å². The molecule has 1 aromatic carbocycles. The van der Waals surface area contributed by atoms with Gasteiger partial charge >= 0.3 is 0 Å². The van der Waals surface area contributed by atoms with Gasteiger partial charge in [-0.05, 0) is 68.9 Å². The Bertz CT molecular complexity index is 508. The first-order chi connectivity index (χ1) is 10.9. The summed E-state index contributed by atoms with van der Waals surface area (Å²) in [6.45, 7) is 5.97. The lowest BCUT2D eigenvalue weighted by Crippen LogP contribution is -2.42. The van der Waals surface area contributed by atoms with E-state index in [0.29, 0.717) is 13.2 Å². The molecule has 22 heavy (non-hydrogen) atoms. The number of benzene rings is 1. The molecule has 1 aromatic rings. The first-order valence-corrected chi connectivity index (χ1v) is 8.71. The second kappa shape index (κ2) is 6.47. The van der Waals surface area contributed by atoms with Crippen molar-refractivity contribution in [2.75, 3.05) is 32.8 Å². The van der Waals surface area contributed by atoms with E-state index in [1.54, 1.807) is 0 Å². The Morgan fingerprint density at radius 2 is 1.77 bits per heavy atom. The molecule has 0 atom stereocenters. The van der Waals surface area contributed by atoms with E-state index in [9.17, 15) is 0 Å². The van der Waals surface area contributed by atoms with Gasteiger partial charge in [-0.3, -0.25) is 4.90 Å². The highest BCUT2D eigenvalue weighted by atomic mass is 16.6. The van der Waals surface area contributed by atoms with Crippen LogP contribution in [0.2, 0.25) is 0 Å². The van der Waals surface area contributed by atoms with Crippen molar-refractivity contribution >= 4 is 0 Å². The van der Waals surface area contributed by atoms with Crippen LogP contribution in [-0.2, 0) is 6.54 Å². The second-order valence-electron chi connectivity index (χ2n) is 6.88. The minimum absolute atomic E-state index is 0.660. The van der Waals surface area contributed by atoms with E-state index >= 15 is 0 Å². The zero-order valence-electron chi connectivity index (χ0n) is 13.2. The normalized spacial score (nSPS) is 22.7. The van der Waals surface area contributed by atoms with Gasteiger partial charge in [0.25, 0.3) is 0 Å². The summed E-state index contributed by atoms with van der Waals surface area (Å²) in [6, 6.07) is 7.10. The van der Waals surface area contributed by atoms with Gasteiger partial charge in [-0.2, -0.15) is 0 Å². The largest absolute Gasteiger partial charge is 0.486 e. The number of nitrogens with one attached hydrogen (secondary N) is 1. The third kappa shape index (κ3) is 3.55. The lowest BCUT2D eigenvalue weighted by atomic mass is 10.0. The molecule has 0 spiro atoms. The SMILES string of the molecule is c1cc2c(cc1CN1CCC(NCC3CC3)CC1)OCCO2. The molecule has 2 heterocycles. The van der Waals surface area contributed by atoms with Crippen LogP contribution in [0, 0.1) is 5.92 Å². The van der Waals surface area contributed by atoms with Gasteiger partial charge in [0.1, 0.15) is 13.2 Å². The van der Waals surface area contributed by atoms with Gasteiger partial charge in [0.2, 0.25) is 0 Å². The van der Waals surface area contributed by atoms with Crippen molar-refractivity contribution in [3.05, 3.63) is 23.8 Å². The molecule has 2 fully saturated rings. The van der Waals surface area contributed by atoms with E-state index in [1.807, 2.05) is 6.07 Å². The van der Waals surface area contributed by atoms with E-state index in [-0.39, 0.29) is 0 Å². The maximum absolute atomic E-state index is 5.68.